The molecule has 0 aliphatic carbocycles. The predicted octanol–water partition coefficient (Wildman–Crippen LogP) is 2.66. The van der Waals surface area contributed by atoms with Crippen LogP contribution in [0, 0.1) is 0 Å². The van der Waals surface area contributed by atoms with Crippen LogP contribution >= 0.6 is 11.6 Å². The zero-order valence-corrected chi connectivity index (χ0v) is 11.4. The number of nitrogens with zero attached hydrogens (tertiary/aromatic N) is 1. The van der Waals surface area contributed by atoms with Crippen LogP contribution in [-0.2, 0) is 9.53 Å². The maximum atomic E-state index is 10.5. The summed E-state index contributed by atoms with van der Waals surface area (Å²) in [6, 6.07) is 5.64. The van der Waals surface area contributed by atoms with E-state index in [0.29, 0.717) is 17.2 Å². The second-order valence-electron chi connectivity index (χ2n) is 4.50. The van der Waals surface area contributed by atoms with Crippen molar-refractivity contribution < 1.29 is 14.6 Å². The molecule has 102 valence electrons. The minimum absolute atomic E-state index is 0.208. The van der Waals surface area contributed by atoms with Crippen LogP contribution in [0.5, 0.6) is 0 Å². The highest BCUT2D eigenvalue weighted by Gasteiger charge is 2.17. The van der Waals surface area contributed by atoms with Crippen molar-refractivity contribution in [2.75, 3.05) is 24.6 Å². The number of carboxylic acid groups (broad SMARTS) is 1. The van der Waals surface area contributed by atoms with Gasteiger partial charge in [-0.1, -0.05) is 17.7 Å². The van der Waals surface area contributed by atoms with Crippen LogP contribution in [0.25, 0.3) is 6.08 Å². The minimum atomic E-state index is -0.984. The first-order valence-electron chi connectivity index (χ1n) is 6.13. The fourth-order valence-corrected chi connectivity index (χ4v) is 2.30. The molecule has 5 heteroatoms. The molecule has 0 amide bonds. The summed E-state index contributed by atoms with van der Waals surface area (Å²) >= 11 is 6.17. The second kappa shape index (κ2) is 6.08. The van der Waals surface area contributed by atoms with E-state index in [4.69, 9.17) is 21.4 Å². The number of aliphatic carboxylic acids is 1. The molecule has 1 N–H and O–H groups in total. The van der Waals surface area contributed by atoms with Crippen molar-refractivity contribution in [1.82, 2.24) is 0 Å². The third kappa shape index (κ3) is 3.72. The van der Waals surface area contributed by atoms with Gasteiger partial charge in [0.2, 0.25) is 0 Å². The molecule has 1 aliphatic heterocycles. The van der Waals surface area contributed by atoms with E-state index < -0.39 is 5.97 Å². The van der Waals surface area contributed by atoms with Crippen LogP contribution in [0.2, 0.25) is 5.02 Å². The molecule has 0 bridgehead atoms. The minimum Gasteiger partial charge on any atom is -0.478 e. The number of halogens is 1. The molecule has 0 radical (unpaired) electrons. The number of ether oxygens (including phenoxy) is 1. The molecule has 1 aromatic carbocycles. The van der Waals surface area contributed by atoms with Crippen LogP contribution in [0.4, 0.5) is 5.69 Å². The number of hydrogen-bond donors (Lipinski definition) is 1. The van der Waals surface area contributed by atoms with E-state index in [9.17, 15) is 4.79 Å². The number of carboxylic acids is 1. The topological polar surface area (TPSA) is 49.8 Å². The fourth-order valence-electron chi connectivity index (χ4n) is 2.06. The predicted molar refractivity (Wildman–Crippen MR) is 75.7 cm³/mol. The Bertz CT molecular complexity index is 501. The summed E-state index contributed by atoms with van der Waals surface area (Å²) in [7, 11) is 0. The summed E-state index contributed by atoms with van der Waals surface area (Å²) < 4.78 is 5.50. The fraction of sp³-hybridized carbons (Fsp3) is 0.357. The zero-order chi connectivity index (χ0) is 13.8. The number of hydrogen-bond acceptors (Lipinski definition) is 3. The van der Waals surface area contributed by atoms with Gasteiger partial charge in [-0.05, 0) is 30.7 Å². The maximum Gasteiger partial charge on any atom is 0.328 e. The van der Waals surface area contributed by atoms with E-state index in [1.54, 1.807) is 0 Å². The zero-order valence-electron chi connectivity index (χ0n) is 10.7. The number of anilines is 1. The van der Waals surface area contributed by atoms with Crippen molar-refractivity contribution in [3.05, 3.63) is 34.9 Å². The normalized spacial score (nSPS) is 19.9. The lowest BCUT2D eigenvalue weighted by Crippen LogP contribution is -2.41. The number of rotatable bonds is 3. The largest absolute Gasteiger partial charge is 0.478 e. The Balaban J connectivity index is 2.16. The van der Waals surface area contributed by atoms with Crippen molar-refractivity contribution >= 4 is 29.3 Å². The van der Waals surface area contributed by atoms with Gasteiger partial charge >= 0.3 is 5.97 Å². The van der Waals surface area contributed by atoms with Gasteiger partial charge < -0.3 is 14.7 Å². The number of morpholine rings is 1. The van der Waals surface area contributed by atoms with Crippen LogP contribution in [-0.4, -0.2) is 36.9 Å². The van der Waals surface area contributed by atoms with Crippen LogP contribution in [0.3, 0.4) is 0 Å². The summed E-state index contributed by atoms with van der Waals surface area (Å²) in [5, 5.41) is 9.15. The quantitative estimate of drug-likeness (QED) is 0.866. The van der Waals surface area contributed by atoms with Gasteiger partial charge in [0.05, 0.1) is 12.7 Å². The average molecular weight is 282 g/mol. The highest BCUT2D eigenvalue weighted by Crippen LogP contribution is 2.26. The highest BCUT2D eigenvalue weighted by atomic mass is 35.5. The van der Waals surface area contributed by atoms with E-state index >= 15 is 0 Å². The Morgan fingerprint density at radius 2 is 2.37 bits per heavy atom. The third-order valence-corrected chi connectivity index (χ3v) is 3.32. The Kier molecular flexibility index (Phi) is 4.45. The molecule has 4 nitrogen and oxygen atoms in total. The molecule has 0 aromatic heterocycles. The lowest BCUT2D eigenvalue weighted by molar-refractivity contribution is -0.131. The van der Waals surface area contributed by atoms with E-state index in [2.05, 4.69) is 4.90 Å². The first-order chi connectivity index (χ1) is 9.06. The Morgan fingerprint density at radius 3 is 3.00 bits per heavy atom. The van der Waals surface area contributed by atoms with Crippen molar-refractivity contribution in [2.45, 2.75) is 13.0 Å². The first kappa shape index (κ1) is 13.9. The standard InChI is InChI=1S/C14H16ClNO3/c1-10-9-16(6-7-19-10)12-4-2-11(13(15)8-12)3-5-14(17)18/h2-5,8,10H,6-7,9H2,1H3,(H,17,18)/b5-3+. The average Bonchev–Trinajstić information content (AvgIpc) is 2.37. The van der Waals surface area contributed by atoms with Crippen molar-refractivity contribution in [3.8, 4) is 0 Å². The van der Waals surface area contributed by atoms with Gasteiger partial charge in [0, 0.05) is 29.9 Å². The molecule has 0 spiro atoms. The van der Waals surface area contributed by atoms with Crippen molar-refractivity contribution in [1.29, 1.82) is 0 Å². The SMILES string of the molecule is CC1CN(c2ccc(/C=C/C(=O)O)c(Cl)c2)CCO1. The lowest BCUT2D eigenvalue weighted by atomic mass is 10.1. The van der Waals surface area contributed by atoms with Gasteiger partial charge in [-0.2, -0.15) is 0 Å². The third-order valence-electron chi connectivity index (χ3n) is 3.00. The van der Waals surface area contributed by atoms with E-state index in [0.717, 1.165) is 24.9 Å². The first-order valence-corrected chi connectivity index (χ1v) is 6.51. The smallest absolute Gasteiger partial charge is 0.328 e. The highest BCUT2D eigenvalue weighted by molar-refractivity contribution is 6.32. The molecule has 1 atom stereocenters. The van der Waals surface area contributed by atoms with E-state index in [-0.39, 0.29) is 6.10 Å². The Morgan fingerprint density at radius 1 is 1.58 bits per heavy atom. The van der Waals surface area contributed by atoms with Gasteiger partial charge in [-0.15, -0.1) is 0 Å². The van der Waals surface area contributed by atoms with Crippen molar-refractivity contribution in [2.24, 2.45) is 0 Å². The second-order valence-corrected chi connectivity index (χ2v) is 4.91. The summed E-state index contributed by atoms with van der Waals surface area (Å²) in [5.41, 5.74) is 1.74. The Hall–Kier alpha value is -1.52. The molecule has 1 saturated heterocycles. The van der Waals surface area contributed by atoms with E-state index in [1.807, 2.05) is 25.1 Å². The molecule has 0 saturated carbocycles. The van der Waals surface area contributed by atoms with E-state index in [1.165, 1.54) is 6.08 Å². The number of benzene rings is 1. The molecule has 1 aliphatic rings. The molecule has 2 rings (SSSR count). The summed E-state index contributed by atoms with van der Waals surface area (Å²) in [4.78, 5) is 12.7. The van der Waals surface area contributed by atoms with Gasteiger partial charge in [0.1, 0.15) is 0 Å². The molecule has 19 heavy (non-hydrogen) atoms. The molecular formula is C14H16ClNO3. The van der Waals surface area contributed by atoms with Crippen LogP contribution in [0.15, 0.2) is 24.3 Å². The van der Waals surface area contributed by atoms with Crippen LogP contribution in [0.1, 0.15) is 12.5 Å². The van der Waals surface area contributed by atoms with Gasteiger partial charge in [0.15, 0.2) is 0 Å². The van der Waals surface area contributed by atoms with Gasteiger partial charge in [0.25, 0.3) is 0 Å². The summed E-state index contributed by atoms with van der Waals surface area (Å²) in [5.74, 6) is -0.984. The number of carbonyl (C=O) groups is 1. The molecule has 1 heterocycles. The molecule has 1 fully saturated rings. The molecule has 1 aromatic rings. The van der Waals surface area contributed by atoms with Gasteiger partial charge in [-0.25, -0.2) is 4.79 Å². The summed E-state index contributed by atoms with van der Waals surface area (Å²) in [6.45, 7) is 4.42. The van der Waals surface area contributed by atoms with Crippen molar-refractivity contribution in [3.63, 3.8) is 0 Å². The molecular weight excluding hydrogens is 266 g/mol. The maximum absolute atomic E-state index is 10.5. The molecule has 1 unspecified atom stereocenters. The van der Waals surface area contributed by atoms with Gasteiger partial charge in [-0.3, -0.25) is 0 Å². The summed E-state index contributed by atoms with van der Waals surface area (Å²) in [6.07, 6.45) is 2.78. The van der Waals surface area contributed by atoms with Crippen LogP contribution < -0.4 is 4.90 Å². The lowest BCUT2D eigenvalue weighted by Gasteiger charge is -2.33. The Labute approximate surface area is 117 Å². The monoisotopic (exact) mass is 281 g/mol.